The predicted molar refractivity (Wildman–Crippen MR) is 94.6 cm³/mol. The first-order chi connectivity index (χ1) is 11.7. The number of aryl methyl sites for hydroxylation is 1. The monoisotopic (exact) mass is 326 g/mol. The van der Waals surface area contributed by atoms with Crippen LogP contribution in [0.3, 0.4) is 0 Å². The van der Waals surface area contributed by atoms with Crippen LogP contribution < -0.4 is 0 Å². The maximum absolute atomic E-state index is 13.0. The summed E-state index contributed by atoms with van der Waals surface area (Å²) in [4.78, 5) is 15.0. The maximum Gasteiger partial charge on any atom is 0.226 e. The summed E-state index contributed by atoms with van der Waals surface area (Å²) >= 11 is 0. The Bertz CT molecular complexity index is 665. The van der Waals surface area contributed by atoms with E-state index in [1.165, 1.54) is 5.56 Å². The van der Waals surface area contributed by atoms with Crippen molar-refractivity contribution in [3.8, 4) is 0 Å². The minimum atomic E-state index is 0.134. The van der Waals surface area contributed by atoms with E-state index >= 15 is 0 Å². The van der Waals surface area contributed by atoms with E-state index in [2.05, 4.69) is 34.9 Å². The number of benzene rings is 1. The normalized spacial score (nSPS) is 19.2. The zero-order valence-electron chi connectivity index (χ0n) is 14.5. The highest BCUT2D eigenvalue weighted by Gasteiger charge is 2.45. The fourth-order valence-corrected chi connectivity index (χ4v) is 3.29. The Morgan fingerprint density at radius 2 is 2.04 bits per heavy atom. The second-order valence-corrected chi connectivity index (χ2v) is 6.58. The molecule has 4 nitrogen and oxygen atoms in total. The van der Waals surface area contributed by atoms with Crippen molar-refractivity contribution in [3.05, 3.63) is 59.9 Å². The van der Waals surface area contributed by atoms with Gasteiger partial charge in [-0.2, -0.15) is 0 Å². The van der Waals surface area contributed by atoms with Gasteiger partial charge in [0.15, 0.2) is 0 Å². The van der Waals surface area contributed by atoms with Crippen LogP contribution in [0.15, 0.2) is 48.7 Å². The van der Waals surface area contributed by atoms with Crippen LogP contribution in [-0.2, 0) is 23.1 Å². The van der Waals surface area contributed by atoms with Gasteiger partial charge in [0.2, 0.25) is 5.91 Å². The molecule has 1 saturated carbocycles. The van der Waals surface area contributed by atoms with E-state index in [1.807, 2.05) is 30.3 Å². The molecule has 2 aromatic rings. The van der Waals surface area contributed by atoms with Crippen LogP contribution in [0.5, 0.6) is 0 Å². The van der Waals surface area contributed by atoms with Crippen molar-refractivity contribution < 1.29 is 9.53 Å². The van der Waals surface area contributed by atoms with E-state index in [9.17, 15) is 4.79 Å². The summed E-state index contributed by atoms with van der Waals surface area (Å²) in [5, 5.41) is 0. The molecule has 3 rings (SSSR count). The van der Waals surface area contributed by atoms with E-state index in [-0.39, 0.29) is 11.8 Å². The number of aromatic nitrogens is 1. The van der Waals surface area contributed by atoms with Gasteiger partial charge < -0.3 is 14.2 Å². The predicted octanol–water partition coefficient (Wildman–Crippen LogP) is 3.19. The van der Waals surface area contributed by atoms with Gasteiger partial charge in [0.25, 0.3) is 0 Å². The van der Waals surface area contributed by atoms with E-state index in [1.54, 1.807) is 7.11 Å². The van der Waals surface area contributed by atoms with E-state index in [4.69, 9.17) is 4.74 Å². The first kappa shape index (κ1) is 16.8. The third-order valence-electron chi connectivity index (χ3n) is 4.83. The molecule has 0 saturated heterocycles. The first-order valence-corrected chi connectivity index (χ1v) is 8.63. The van der Waals surface area contributed by atoms with Crippen LogP contribution in [0.1, 0.15) is 30.0 Å². The van der Waals surface area contributed by atoms with Crippen molar-refractivity contribution in [1.29, 1.82) is 0 Å². The highest BCUT2D eigenvalue weighted by molar-refractivity contribution is 5.83. The zero-order valence-corrected chi connectivity index (χ0v) is 14.5. The summed E-state index contributed by atoms with van der Waals surface area (Å²) in [6.45, 7) is 2.10. The summed E-state index contributed by atoms with van der Waals surface area (Å²) in [5.74, 6) is 0.799. The summed E-state index contributed by atoms with van der Waals surface area (Å²) in [5.41, 5.74) is 2.45. The first-order valence-electron chi connectivity index (χ1n) is 8.63. The van der Waals surface area contributed by atoms with Crippen molar-refractivity contribution in [2.45, 2.75) is 25.3 Å². The molecule has 2 atom stereocenters. The third-order valence-corrected chi connectivity index (χ3v) is 4.83. The molecule has 24 heavy (non-hydrogen) atoms. The Balaban J connectivity index is 1.66. The molecular weight excluding hydrogens is 300 g/mol. The van der Waals surface area contributed by atoms with Crippen molar-refractivity contribution >= 4 is 5.91 Å². The fraction of sp³-hybridized carbons (Fsp3) is 0.450. The van der Waals surface area contributed by atoms with Gasteiger partial charge in [-0.25, -0.2) is 0 Å². The Hall–Kier alpha value is -2.07. The molecule has 0 N–H and O–H groups in total. The Kier molecular flexibility index (Phi) is 5.36. The van der Waals surface area contributed by atoms with Crippen LogP contribution in [-0.4, -0.2) is 35.6 Å². The average molecular weight is 326 g/mol. The topological polar surface area (TPSA) is 34.5 Å². The molecule has 1 aliphatic carbocycles. The fourth-order valence-electron chi connectivity index (χ4n) is 3.29. The maximum atomic E-state index is 13.0. The van der Waals surface area contributed by atoms with Gasteiger partial charge in [-0.1, -0.05) is 30.3 Å². The molecule has 0 spiro atoms. The smallest absolute Gasteiger partial charge is 0.226 e. The average Bonchev–Trinajstić information content (AvgIpc) is 3.31. The van der Waals surface area contributed by atoms with Gasteiger partial charge in [0.1, 0.15) is 0 Å². The van der Waals surface area contributed by atoms with E-state index in [0.29, 0.717) is 19.1 Å². The molecule has 1 fully saturated rings. The largest absolute Gasteiger partial charge is 0.385 e. The lowest BCUT2D eigenvalue weighted by atomic mass is 10.1. The number of hydrogen-bond acceptors (Lipinski definition) is 2. The summed E-state index contributed by atoms with van der Waals surface area (Å²) < 4.78 is 7.24. The van der Waals surface area contributed by atoms with Gasteiger partial charge in [0, 0.05) is 45.1 Å². The molecule has 1 heterocycles. The number of amides is 1. The lowest BCUT2D eigenvalue weighted by Gasteiger charge is -2.23. The van der Waals surface area contributed by atoms with Crippen LogP contribution in [0.2, 0.25) is 0 Å². The molecule has 4 heteroatoms. The lowest BCUT2D eigenvalue weighted by molar-refractivity contribution is -0.133. The molecule has 0 bridgehead atoms. The molecule has 1 amide bonds. The van der Waals surface area contributed by atoms with Crippen molar-refractivity contribution in [1.82, 2.24) is 9.47 Å². The van der Waals surface area contributed by atoms with Crippen LogP contribution >= 0.6 is 0 Å². The van der Waals surface area contributed by atoms with Gasteiger partial charge >= 0.3 is 0 Å². The Morgan fingerprint density at radius 1 is 1.25 bits per heavy atom. The summed E-state index contributed by atoms with van der Waals surface area (Å²) in [6.07, 6.45) is 3.86. The number of nitrogens with zero attached hydrogens (tertiary/aromatic N) is 2. The van der Waals surface area contributed by atoms with Crippen LogP contribution in [0.4, 0.5) is 0 Å². The molecule has 128 valence electrons. The van der Waals surface area contributed by atoms with E-state index < -0.39 is 0 Å². The molecule has 1 aromatic heterocycles. The molecule has 1 aromatic carbocycles. The molecule has 1 aliphatic rings. The number of hydrogen-bond donors (Lipinski definition) is 0. The Labute approximate surface area is 144 Å². The number of carbonyl (C=O) groups is 1. The second-order valence-electron chi connectivity index (χ2n) is 6.58. The lowest BCUT2D eigenvalue weighted by Crippen LogP contribution is -2.34. The minimum Gasteiger partial charge on any atom is -0.385 e. The van der Waals surface area contributed by atoms with Crippen molar-refractivity contribution in [2.75, 3.05) is 20.3 Å². The van der Waals surface area contributed by atoms with Crippen molar-refractivity contribution in [3.63, 3.8) is 0 Å². The molecule has 0 radical (unpaired) electrons. The number of carbonyl (C=O) groups excluding carboxylic acids is 1. The Morgan fingerprint density at radius 3 is 2.71 bits per heavy atom. The standard InChI is InChI=1S/C20H26N2O2/c1-21-11-6-10-17(21)15-22(12-7-13-24-2)20(23)19-14-18(19)16-8-4-3-5-9-16/h3-6,8-11,18-19H,7,12-15H2,1-2H3. The highest BCUT2D eigenvalue weighted by Crippen LogP contribution is 2.48. The van der Waals surface area contributed by atoms with Gasteiger partial charge in [-0.3, -0.25) is 4.79 Å². The van der Waals surface area contributed by atoms with Gasteiger partial charge in [0.05, 0.1) is 6.54 Å². The van der Waals surface area contributed by atoms with Crippen molar-refractivity contribution in [2.24, 2.45) is 13.0 Å². The van der Waals surface area contributed by atoms with Crippen LogP contribution in [0.25, 0.3) is 0 Å². The number of methoxy groups -OCH3 is 1. The minimum absolute atomic E-state index is 0.134. The quantitative estimate of drug-likeness (QED) is 0.698. The van der Waals surface area contributed by atoms with E-state index in [0.717, 1.165) is 25.1 Å². The summed E-state index contributed by atoms with van der Waals surface area (Å²) in [7, 11) is 3.73. The van der Waals surface area contributed by atoms with Gasteiger partial charge in [-0.15, -0.1) is 0 Å². The highest BCUT2D eigenvalue weighted by atomic mass is 16.5. The third kappa shape index (κ3) is 3.88. The second kappa shape index (κ2) is 7.67. The molecular formula is C20H26N2O2. The van der Waals surface area contributed by atoms with Crippen LogP contribution in [0, 0.1) is 5.92 Å². The molecule has 0 aliphatic heterocycles. The number of ether oxygens (including phenoxy) is 1. The summed E-state index contributed by atoms with van der Waals surface area (Å²) in [6, 6.07) is 14.5. The SMILES string of the molecule is COCCCN(Cc1cccn1C)C(=O)C1CC1c1ccccc1. The molecule has 2 unspecified atom stereocenters. The van der Waals surface area contributed by atoms with Gasteiger partial charge in [-0.05, 0) is 36.5 Å². The zero-order chi connectivity index (χ0) is 16.9. The number of rotatable bonds is 8.